The molecule has 134 valence electrons. The zero-order valence-electron chi connectivity index (χ0n) is 13.2. The predicted molar refractivity (Wildman–Crippen MR) is 86.6 cm³/mol. The highest BCUT2D eigenvalue weighted by molar-refractivity contribution is 6.31. The number of nitrogens with zero attached hydrogens (tertiary/aromatic N) is 1. The number of hydrogen-bond acceptors (Lipinski definition) is 1. The summed E-state index contributed by atoms with van der Waals surface area (Å²) in [7, 11) is 1.43. The molecule has 2 aromatic rings. The molecule has 3 nitrogen and oxygen atoms in total. The van der Waals surface area contributed by atoms with Crippen LogP contribution in [-0.2, 0) is 19.3 Å². The maximum absolute atomic E-state index is 13.7. The summed E-state index contributed by atoms with van der Waals surface area (Å²) in [5.41, 5.74) is -0.313. The van der Waals surface area contributed by atoms with Gasteiger partial charge in [-0.15, -0.1) is 0 Å². The average Bonchev–Trinajstić information content (AvgIpc) is 2.55. The first-order valence-corrected chi connectivity index (χ1v) is 7.64. The van der Waals surface area contributed by atoms with Gasteiger partial charge in [-0.2, -0.15) is 13.2 Å². The lowest BCUT2D eigenvalue weighted by atomic mass is 10.1. The highest BCUT2D eigenvalue weighted by atomic mass is 35.5. The molecule has 0 unspecified atom stereocenters. The molecule has 0 heterocycles. The van der Waals surface area contributed by atoms with Crippen LogP contribution in [0.25, 0.3) is 0 Å². The lowest BCUT2D eigenvalue weighted by Gasteiger charge is -2.19. The van der Waals surface area contributed by atoms with Crippen LogP contribution in [0.1, 0.15) is 16.7 Å². The van der Waals surface area contributed by atoms with Crippen LogP contribution in [0.5, 0.6) is 0 Å². The van der Waals surface area contributed by atoms with E-state index >= 15 is 0 Å². The Morgan fingerprint density at radius 1 is 1.20 bits per heavy atom. The number of carbonyl (C=O) groups excluding carboxylic acids is 1. The van der Waals surface area contributed by atoms with Crippen molar-refractivity contribution in [3.05, 3.63) is 70.0 Å². The third-order valence-corrected chi connectivity index (χ3v) is 3.86. The fraction of sp³-hybridized carbons (Fsp3) is 0.235. The van der Waals surface area contributed by atoms with Gasteiger partial charge in [-0.05, 0) is 29.8 Å². The van der Waals surface area contributed by atoms with E-state index in [1.54, 1.807) is 0 Å². The molecule has 0 spiro atoms. The van der Waals surface area contributed by atoms with Crippen molar-refractivity contribution < 1.29 is 22.4 Å². The van der Waals surface area contributed by atoms with Crippen LogP contribution in [0.2, 0.25) is 5.02 Å². The minimum Gasteiger partial charge on any atom is -0.334 e. The first-order chi connectivity index (χ1) is 11.7. The smallest absolute Gasteiger partial charge is 0.334 e. The summed E-state index contributed by atoms with van der Waals surface area (Å²) in [5, 5.41) is 2.68. The van der Waals surface area contributed by atoms with Crippen LogP contribution in [-0.4, -0.2) is 18.0 Å². The third kappa shape index (κ3) is 5.09. The first kappa shape index (κ1) is 19.1. The third-order valence-electron chi connectivity index (χ3n) is 3.50. The normalized spacial score (nSPS) is 11.3. The van der Waals surface area contributed by atoms with Crippen LogP contribution in [0.3, 0.4) is 0 Å². The van der Waals surface area contributed by atoms with Crippen LogP contribution in [0.4, 0.5) is 22.4 Å². The molecule has 0 fully saturated rings. The van der Waals surface area contributed by atoms with E-state index in [2.05, 4.69) is 5.32 Å². The Kier molecular flexibility index (Phi) is 5.89. The summed E-state index contributed by atoms with van der Waals surface area (Å²) in [6.45, 7) is -0.155. The zero-order chi connectivity index (χ0) is 18.6. The summed E-state index contributed by atoms with van der Waals surface area (Å²) < 4.78 is 51.7. The molecule has 2 aromatic carbocycles. The van der Waals surface area contributed by atoms with Gasteiger partial charge in [0.25, 0.3) is 0 Å². The van der Waals surface area contributed by atoms with Gasteiger partial charge in [-0.25, -0.2) is 9.18 Å². The Balaban J connectivity index is 1.98. The number of hydrogen-bond donors (Lipinski definition) is 1. The topological polar surface area (TPSA) is 32.3 Å². The molecule has 0 bridgehead atoms. The molecule has 0 aliphatic carbocycles. The fourth-order valence-corrected chi connectivity index (χ4v) is 2.39. The predicted octanol–water partition coefficient (Wildman–Crippen LogP) is 4.84. The number of alkyl halides is 3. The zero-order valence-corrected chi connectivity index (χ0v) is 14.0. The molecule has 1 N–H and O–H groups in total. The van der Waals surface area contributed by atoms with Crippen molar-refractivity contribution >= 4 is 17.6 Å². The van der Waals surface area contributed by atoms with Crippen LogP contribution < -0.4 is 5.32 Å². The van der Waals surface area contributed by atoms with Crippen molar-refractivity contribution in [1.82, 2.24) is 10.2 Å². The number of amides is 2. The Morgan fingerprint density at radius 2 is 1.88 bits per heavy atom. The molecule has 0 saturated carbocycles. The van der Waals surface area contributed by atoms with E-state index in [1.165, 1.54) is 42.3 Å². The van der Waals surface area contributed by atoms with Gasteiger partial charge in [0.05, 0.1) is 12.1 Å². The standard InChI is InChI=1S/C17H15ClF4N2O/c1-24(10-13-14(18)6-3-7-15(13)19)16(25)23-9-11-4-2-5-12(8-11)17(20,21)22/h2-8H,9-10H2,1H3,(H,23,25). The minimum atomic E-state index is -4.45. The van der Waals surface area contributed by atoms with Crippen molar-refractivity contribution in [2.45, 2.75) is 19.3 Å². The lowest BCUT2D eigenvalue weighted by Crippen LogP contribution is -2.36. The number of urea groups is 1. The van der Waals surface area contributed by atoms with Crippen molar-refractivity contribution in [2.24, 2.45) is 0 Å². The van der Waals surface area contributed by atoms with E-state index in [9.17, 15) is 22.4 Å². The molecule has 2 rings (SSSR count). The first-order valence-electron chi connectivity index (χ1n) is 7.26. The molecule has 25 heavy (non-hydrogen) atoms. The molecule has 0 saturated heterocycles. The SMILES string of the molecule is CN(Cc1c(F)cccc1Cl)C(=O)NCc1cccc(C(F)(F)F)c1. The molecule has 2 amide bonds. The number of carbonyl (C=O) groups is 1. The van der Waals surface area contributed by atoms with E-state index in [1.807, 2.05) is 0 Å². The molecule has 8 heteroatoms. The Labute approximate surface area is 147 Å². The molecular weight excluding hydrogens is 360 g/mol. The molecule has 0 aliphatic rings. The fourth-order valence-electron chi connectivity index (χ4n) is 2.16. The van der Waals surface area contributed by atoms with Crippen molar-refractivity contribution in [2.75, 3.05) is 7.05 Å². The number of benzene rings is 2. The van der Waals surface area contributed by atoms with E-state index in [0.717, 1.165) is 12.1 Å². The van der Waals surface area contributed by atoms with Gasteiger partial charge in [-0.1, -0.05) is 29.8 Å². The second-order valence-corrected chi connectivity index (χ2v) is 5.82. The van der Waals surface area contributed by atoms with E-state index in [4.69, 9.17) is 11.6 Å². The van der Waals surface area contributed by atoms with Gasteiger partial charge in [0, 0.05) is 24.2 Å². The van der Waals surface area contributed by atoms with E-state index in [0.29, 0.717) is 5.56 Å². The minimum absolute atomic E-state index is 0.0695. The average molecular weight is 375 g/mol. The maximum atomic E-state index is 13.7. The van der Waals surface area contributed by atoms with Gasteiger partial charge in [-0.3, -0.25) is 0 Å². The van der Waals surface area contributed by atoms with Crippen LogP contribution in [0, 0.1) is 5.82 Å². The summed E-state index contributed by atoms with van der Waals surface area (Å²) in [6, 6.07) is 8.30. The second kappa shape index (κ2) is 7.74. The van der Waals surface area contributed by atoms with Crippen molar-refractivity contribution in [1.29, 1.82) is 0 Å². The van der Waals surface area contributed by atoms with E-state index < -0.39 is 23.6 Å². The summed E-state index contributed by atoms with van der Waals surface area (Å²) in [5.74, 6) is -0.537. The highest BCUT2D eigenvalue weighted by Crippen LogP contribution is 2.29. The Hall–Kier alpha value is -2.28. The monoisotopic (exact) mass is 374 g/mol. The summed E-state index contributed by atoms with van der Waals surface area (Å²) >= 11 is 5.91. The largest absolute Gasteiger partial charge is 0.416 e. The molecule has 0 aliphatic heterocycles. The van der Waals surface area contributed by atoms with Gasteiger partial charge in [0.15, 0.2) is 0 Å². The number of rotatable bonds is 4. The summed E-state index contributed by atoms with van der Waals surface area (Å²) in [4.78, 5) is 13.2. The molecule has 0 radical (unpaired) electrons. The van der Waals surface area contributed by atoms with Gasteiger partial charge >= 0.3 is 12.2 Å². The second-order valence-electron chi connectivity index (χ2n) is 5.41. The molecular formula is C17H15ClF4N2O. The van der Waals surface area contributed by atoms with Crippen LogP contribution in [0.15, 0.2) is 42.5 Å². The quantitative estimate of drug-likeness (QED) is 0.763. The van der Waals surface area contributed by atoms with Crippen molar-refractivity contribution in [3.8, 4) is 0 Å². The number of nitrogens with one attached hydrogen (secondary N) is 1. The molecule has 0 aromatic heterocycles. The lowest BCUT2D eigenvalue weighted by molar-refractivity contribution is -0.137. The maximum Gasteiger partial charge on any atom is 0.416 e. The van der Waals surface area contributed by atoms with E-state index in [-0.39, 0.29) is 23.7 Å². The Morgan fingerprint density at radius 3 is 2.52 bits per heavy atom. The van der Waals surface area contributed by atoms with Crippen LogP contribution >= 0.6 is 11.6 Å². The highest BCUT2D eigenvalue weighted by Gasteiger charge is 2.30. The van der Waals surface area contributed by atoms with Gasteiger partial charge < -0.3 is 10.2 Å². The van der Waals surface area contributed by atoms with Gasteiger partial charge in [0.1, 0.15) is 5.82 Å². The van der Waals surface area contributed by atoms with Crippen molar-refractivity contribution in [3.63, 3.8) is 0 Å². The van der Waals surface area contributed by atoms with Gasteiger partial charge in [0.2, 0.25) is 0 Å². The summed E-state index contributed by atoms with van der Waals surface area (Å²) in [6.07, 6.45) is -4.45. The number of halogens is 5. The Bertz CT molecular complexity index is 744. The molecule has 0 atom stereocenters.